The Morgan fingerprint density at radius 2 is 1.32 bits per heavy atom. The molecule has 1 aliphatic heterocycles. The first kappa shape index (κ1) is 37.8. The Hall–Kier alpha value is -6.77. The van der Waals surface area contributed by atoms with Crippen LogP contribution in [0.1, 0.15) is 60.5 Å². The van der Waals surface area contributed by atoms with Gasteiger partial charge >= 0.3 is 0 Å². The second kappa shape index (κ2) is 16.6. The van der Waals surface area contributed by atoms with Crippen LogP contribution in [0.25, 0.3) is 11.1 Å². The maximum atomic E-state index is 6.69. The van der Waals surface area contributed by atoms with Crippen LogP contribution < -0.4 is 4.74 Å². The number of hydrogen-bond donors (Lipinski definition) is 0. The van der Waals surface area contributed by atoms with Crippen LogP contribution in [0.15, 0.2) is 240 Å². The first-order valence-corrected chi connectivity index (χ1v) is 20.8. The van der Waals surface area contributed by atoms with Gasteiger partial charge in [0.05, 0.1) is 17.2 Å². The highest BCUT2D eigenvalue weighted by Crippen LogP contribution is 2.59. The number of fused-ring (bicyclic) bond motifs is 2. The Kier molecular flexibility index (Phi) is 10.6. The van der Waals surface area contributed by atoms with Gasteiger partial charge < -0.3 is 4.74 Å². The van der Waals surface area contributed by atoms with E-state index in [2.05, 4.69) is 221 Å². The van der Waals surface area contributed by atoms with Crippen molar-refractivity contribution in [1.82, 2.24) is 0 Å². The van der Waals surface area contributed by atoms with Crippen molar-refractivity contribution in [1.29, 1.82) is 0 Å². The van der Waals surface area contributed by atoms with Crippen molar-refractivity contribution in [2.45, 2.75) is 38.1 Å². The quantitative estimate of drug-likeness (QED) is 0.101. The van der Waals surface area contributed by atoms with Crippen molar-refractivity contribution >= 4 is 5.71 Å². The van der Waals surface area contributed by atoms with E-state index in [1.54, 1.807) is 0 Å². The number of allylic oxidation sites excluding steroid dienone is 10. The van der Waals surface area contributed by atoms with Gasteiger partial charge in [-0.05, 0) is 94.0 Å². The lowest BCUT2D eigenvalue weighted by Gasteiger charge is -2.46. The molecule has 0 saturated carbocycles. The third kappa shape index (κ3) is 7.21. The summed E-state index contributed by atoms with van der Waals surface area (Å²) in [7, 11) is 0. The molecule has 6 aromatic carbocycles. The van der Waals surface area contributed by atoms with E-state index in [1.165, 1.54) is 50.1 Å². The summed E-state index contributed by atoms with van der Waals surface area (Å²) < 4.78 is 6.69. The molecular weight excluding hydrogens is 715 g/mol. The molecule has 2 nitrogen and oxygen atoms in total. The third-order valence-electron chi connectivity index (χ3n) is 12.2. The Labute approximate surface area is 349 Å². The van der Waals surface area contributed by atoms with Gasteiger partial charge in [0.15, 0.2) is 0 Å². The van der Waals surface area contributed by atoms with E-state index in [-0.39, 0.29) is 12.0 Å². The van der Waals surface area contributed by atoms with E-state index in [0.29, 0.717) is 5.92 Å². The highest BCUT2D eigenvalue weighted by Gasteiger charge is 2.49. The molecule has 0 radical (unpaired) electrons. The Morgan fingerprint density at radius 1 is 0.729 bits per heavy atom. The summed E-state index contributed by atoms with van der Waals surface area (Å²) in [5.41, 5.74) is 13.9. The van der Waals surface area contributed by atoms with Gasteiger partial charge in [0.2, 0.25) is 0 Å². The van der Waals surface area contributed by atoms with Gasteiger partial charge in [0, 0.05) is 17.0 Å². The SMILES string of the molecule is C=C[C@@H](/N=C(\C=C(/C)C1=C(C2CC=CC=C2C2(c3ccccc3)c3ccccc3Oc3ccccc32)C=CC(C)C1)c1ccc(-c2ccccc2)cc1)c1ccccc1. The zero-order chi connectivity index (χ0) is 40.2. The lowest BCUT2D eigenvalue weighted by molar-refractivity contribution is 0.423. The lowest BCUT2D eigenvalue weighted by Crippen LogP contribution is -2.38. The topological polar surface area (TPSA) is 21.6 Å². The molecule has 2 heteroatoms. The summed E-state index contributed by atoms with van der Waals surface area (Å²) in [6.07, 6.45) is 17.9. The number of hydrogen-bond acceptors (Lipinski definition) is 2. The molecule has 0 saturated heterocycles. The van der Waals surface area contributed by atoms with E-state index in [1.807, 2.05) is 6.08 Å². The number of rotatable bonds is 10. The number of ether oxygens (including phenoxy) is 1. The van der Waals surface area contributed by atoms with E-state index < -0.39 is 5.41 Å². The maximum absolute atomic E-state index is 6.69. The number of nitrogens with zero attached hydrogens (tertiary/aromatic N) is 1. The summed E-state index contributed by atoms with van der Waals surface area (Å²) in [4.78, 5) is 5.46. The molecule has 0 spiro atoms. The van der Waals surface area contributed by atoms with Gasteiger partial charge in [-0.3, -0.25) is 4.99 Å². The van der Waals surface area contributed by atoms with Crippen LogP contribution in [0.2, 0.25) is 0 Å². The summed E-state index contributed by atoms with van der Waals surface area (Å²) in [6, 6.07) is 58.0. The second-order valence-electron chi connectivity index (χ2n) is 15.9. The molecule has 59 heavy (non-hydrogen) atoms. The summed E-state index contributed by atoms with van der Waals surface area (Å²) in [5, 5.41) is 0. The number of para-hydroxylation sites is 2. The van der Waals surface area contributed by atoms with Crippen LogP contribution in [0.4, 0.5) is 0 Å². The molecule has 0 bridgehead atoms. The molecule has 0 amide bonds. The first-order valence-electron chi connectivity index (χ1n) is 20.8. The van der Waals surface area contributed by atoms with Crippen molar-refractivity contribution in [3.05, 3.63) is 263 Å². The molecule has 288 valence electrons. The van der Waals surface area contributed by atoms with Crippen molar-refractivity contribution < 1.29 is 4.74 Å². The van der Waals surface area contributed by atoms with Gasteiger partial charge in [0.1, 0.15) is 11.5 Å². The minimum Gasteiger partial charge on any atom is -0.457 e. The van der Waals surface area contributed by atoms with E-state index >= 15 is 0 Å². The van der Waals surface area contributed by atoms with Crippen LogP contribution >= 0.6 is 0 Å². The van der Waals surface area contributed by atoms with Crippen LogP contribution in [-0.4, -0.2) is 5.71 Å². The Bertz CT molecular complexity index is 2610. The molecular formula is C57H49NO. The predicted octanol–water partition coefficient (Wildman–Crippen LogP) is 14.6. The molecule has 2 aliphatic carbocycles. The summed E-state index contributed by atoms with van der Waals surface area (Å²) >= 11 is 0. The number of benzene rings is 6. The smallest absolute Gasteiger partial charge is 0.132 e. The molecule has 0 N–H and O–H groups in total. The third-order valence-corrected chi connectivity index (χ3v) is 12.2. The second-order valence-corrected chi connectivity index (χ2v) is 15.9. The van der Waals surface area contributed by atoms with Crippen LogP contribution in [0.3, 0.4) is 0 Å². The van der Waals surface area contributed by atoms with Gasteiger partial charge in [-0.1, -0.05) is 195 Å². The Balaban J connectivity index is 1.22. The van der Waals surface area contributed by atoms with Crippen molar-refractivity contribution in [2.24, 2.45) is 16.8 Å². The fraction of sp³-hybridized carbons (Fsp3) is 0.140. The summed E-state index contributed by atoms with van der Waals surface area (Å²) in [6.45, 7) is 8.85. The molecule has 3 aliphatic rings. The predicted molar refractivity (Wildman–Crippen MR) is 246 cm³/mol. The monoisotopic (exact) mass is 763 g/mol. The highest BCUT2D eigenvalue weighted by atomic mass is 16.5. The average molecular weight is 764 g/mol. The molecule has 3 atom stereocenters. The van der Waals surface area contributed by atoms with Gasteiger partial charge in [0.25, 0.3) is 0 Å². The zero-order valence-corrected chi connectivity index (χ0v) is 33.8. The van der Waals surface area contributed by atoms with Crippen molar-refractivity contribution in [3.63, 3.8) is 0 Å². The molecule has 2 unspecified atom stereocenters. The molecule has 0 aromatic heterocycles. The first-order chi connectivity index (χ1) is 29.0. The maximum Gasteiger partial charge on any atom is 0.132 e. The average Bonchev–Trinajstić information content (AvgIpc) is 3.30. The molecule has 0 fully saturated rings. The molecule has 1 heterocycles. The van der Waals surface area contributed by atoms with Crippen LogP contribution in [0.5, 0.6) is 11.5 Å². The zero-order valence-electron chi connectivity index (χ0n) is 33.8. The minimum atomic E-state index is -0.575. The van der Waals surface area contributed by atoms with Gasteiger partial charge in [-0.15, -0.1) is 6.58 Å². The molecule has 6 aromatic rings. The fourth-order valence-corrected chi connectivity index (χ4v) is 9.39. The van der Waals surface area contributed by atoms with Crippen molar-refractivity contribution in [2.75, 3.05) is 0 Å². The van der Waals surface area contributed by atoms with Crippen LogP contribution in [0, 0.1) is 11.8 Å². The summed E-state index contributed by atoms with van der Waals surface area (Å²) in [5.74, 6) is 2.30. The van der Waals surface area contributed by atoms with Gasteiger partial charge in [-0.2, -0.15) is 0 Å². The van der Waals surface area contributed by atoms with E-state index in [0.717, 1.165) is 41.2 Å². The molecule has 9 rings (SSSR count). The number of aliphatic imine (C=N–C) groups is 1. The normalized spacial score (nSPS) is 18.9. The van der Waals surface area contributed by atoms with E-state index in [4.69, 9.17) is 9.73 Å². The van der Waals surface area contributed by atoms with Crippen LogP contribution in [-0.2, 0) is 5.41 Å². The largest absolute Gasteiger partial charge is 0.457 e. The standard InChI is InChI=1S/C57H49NO/c1-4-53(44-22-10-6-11-23-44)58-54(45-35-33-43(34-36-45)42-20-8-5-9-21-42)39-41(3)49-38-40(2)32-37-47(49)48-26-14-15-27-50(48)57(46-24-12-7-13-25-46)51-28-16-18-30-55(51)59-56-31-19-17-29-52(56)57/h4-25,27-37,39-40,48,53H,1,26,38H2,2-3H3/b41-39+,58-54+/t40?,48?,53-/m1/s1. The Morgan fingerprint density at radius 3 is 1.98 bits per heavy atom. The van der Waals surface area contributed by atoms with Gasteiger partial charge in [-0.25, -0.2) is 0 Å². The minimum absolute atomic E-state index is 0.109. The fourth-order valence-electron chi connectivity index (χ4n) is 9.39. The highest BCUT2D eigenvalue weighted by molar-refractivity contribution is 6.09. The lowest BCUT2D eigenvalue weighted by atomic mass is 9.58. The van der Waals surface area contributed by atoms with Crippen molar-refractivity contribution in [3.8, 4) is 22.6 Å². The van der Waals surface area contributed by atoms with E-state index in [9.17, 15) is 0 Å².